The van der Waals surface area contributed by atoms with Crippen LogP contribution in [0.2, 0.25) is 0 Å². The second kappa shape index (κ2) is 5.59. The van der Waals surface area contributed by atoms with E-state index < -0.39 is 10.8 Å². The summed E-state index contributed by atoms with van der Waals surface area (Å²) in [6, 6.07) is 16.6. The molecule has 1 nitrogen and oxygen atoms in total. The first-order valence-corrected chi connectivity index (χ1v) is 8.19. The fourth-order valence-electron chi connectivity index (χ4n) is 2.39. The molecule has 0 heterocycles. The molecule has 0 fully saturated rings. The van der Waals surface area contributed by atoms with Crippen LogP contribution in [0.4, 0.5) is 0 Å². The Morgan fingerprint density at radius 1 is 0.800 bits per heavy atom. The number of rotatable bonds is 3. The van der Waals surface area contributed by atoms with Crippen LogP contribution in [-0.2, 0) is 10.8 Å². The van der Waals surface area contributed by atoms with Gasteiger partial charge in [0, 0.05) is 27.9 Å². The molecule has 1 aliphatic carbocycles. The van der Waals surface area contributed by atoms with Gasteiger partial charge < -0.3 is 0 Å². The topological polar surface area (TPSA) is 17.1 Å². The molecule has 0 saturated heterocycles. The van der Waals surface area contributed by atoms with Crippen molar-refractivity contribution >= 4 is 10.8 Å². The number of benzene rings is 2. The van der Waals surface area contributed by atoms with Gasteiger partial charge in [-0.05, 0) is 28.8 Å². The molecule has 2 aromatic carbocycles. The van der Waals surface area contributed by atoms with E-state index in [1.165, 1.54) is 11.1 Å². The number of hydrogen-bond donors (Lipinski definition) is 0. The third-order valence-electron chi connectivity index (χ3n) is 3.56. The Morgan fingerprint density at radius 2 is 1.30 bits per heavy atom. The standard InChI is InChI=1S/C18H16OS/c1-20(19)18-12-10-17(11-13-18)16-8-6-15(7-9-16)14-4-2-3-5-14/h2-14H,1H3. The van der Waals surface area contributed by atoms with E-state index in [0.717, 1.165) is 10.5 Å². The van der Waals surface area contributed by atoms with Crippen molar-refractivity contribution in [1.29, 1.82) is 0 Å². The summed E-state index contributed by atoms with van der Waals surface area (Å²) in [4.78, 5) is 0.867. The summed E-state index contributed by atoms with van der Waals surface area (Å²) < 4.78 is 11.4. The fraction of sp³-hybridized carbons (Fsp3) is 0.111. The number of allylic oxidation sites excluding steroid dienone is 4. The largest absolute Gasteiger partial charge is 0.255 e. The lowest BCUT2D eigenvalue weighted by Crippen LogP contribution is -1.89. The maximum atomic E-state index is 11.4. The molecule has 1 unspecified atom stereocenters. The van der Waals surface area contributed by atoms with Crippen molar-refractivity contribution in [3.05, 3.63) is 78.4 Å². The summed E-state index contributed by atoms with van der Waals surface area (Å²) in [6.45, 7) is 0. The summed E-state index contributed by atoms with van der Waals surface area (Å²) in [6.07, 6.45) is 10.3. The van der Waals surface area contributed by atoms with Crippen molar-refractivity contribution in [2.75, 3.05) is 6.26 Å². The van der Waals surface area contributed by atoms with E-state index in [-0.39, 0.29) is 0 Å². The molecule has 1 atom stereocenters. The van der Waals surface area contributed by atoms with Gasteiger partial charge in [-0.25, -0.2) is 0 Å². The van der Waals surface area contributed by atoms with E-state index >= 15 is 0 Å². The number of hydrogen-bond acceptors (Lipinski definition) is 1. The molecule has 0 spiro atoms. The summed E-state index contributed by atoms with van der Waals surface area (Å²) >= 11 is 0. The smallest absolute Gasteiger partial charge is 0.0498 e. The third kappa shape index (κ3) is 2.66. The second-order valence-electron chi connectivity index (χ2n) is 4.90. The van der Waals surface area contributed by atoms with E-state index in [4.69, 9.17) is 0 Å². The minimum absolute atomic E-state index is 0.411. The summed E-state index contributed by atoms with van der Waals surface area (Å²) in [5.74, 6) is 0.411. The Kier molecular flexibility index (Phi) is 3.66. The molecule has 0 radical (unpaired) electrons. The third-order valence-corrected chi connectivity index (χ3v) is 4.50. The first kappa shape index (κ1) is 13.1. The van der Waals surface area contributed by atoms with Crippen molar-refractivity contribution in [3.8, 4) is 11.1 Å². The molecule has 0 N–H and O–H groups in total. The van der Waals surface area contributed by atoms with Gasteiger partial charge >= 0.3 is 0 Å². The van der Waals surface area contributed by atoms with E-state index in [9.17, 15) is 4.21 Å². The molecule has 3 rings (SSSR count). The average Bonchev–Trinajstić information content (AvgIpc) is 3.02. The van der Waals surface area contributed by atoms with Gasteiger partial charge in [0.05, 0.1) is 0 Å². The van der Waals surface area contributed by atoms with Gasteiger partial charge in [-0.2, -0.15) is 0 Å². The Labute approximate surface area is 122 Å². The molecular weight excluding hydrogens is 264 g/mol. The van der Waals surface area contributed by atoms with E-state index in [1.807, 2.05) is 24.3 Å². The monoisotopic (exact) mass is 280 g/mol. The van der Waals surface area contributed by atoms with Gasteiger partial charge in [0.1, 0.15) is 0 Å². The first-order chi connectivity index (χ1) is 9.74. The lowest BCUT2D eigenvalue weighted by molar-refractivity contribution is 0.687. The van der Waals surface area contributed by atoms with Crippen LogP contribution >= 0.6 is 0 Å². The molecule has 0 saturated carbocycles. The highest BCUT2D eigenvalue weighted by molar-refractivity contribution is 7.84. The molecule has 0 aromatic heterocycles. The molecule has 100 valence electrons. The average molecular weight is 280 g/mol. The van der Waals surface area contributed by atoms with Gasteiger partial charge in [0.2, 0.25) is 0 Å². The molecule has 1 aliphatic rings. The summed E-state index contributed by atoms with van der Waals surface area (Å²) in [5.41, 5.74) is 3.65. The van der Waals surface area contributed by atoms with Gasteiger partial charge in [-0.1, -0.05) is 60.7 Å². The molecule has 20 heavy (non-hydrogen) atoms. The van der Waals surface area contributed by atoms with Crippen LogP contribution in [0.3, 0.4) is 0 Å². The highest BCUT2D eigenvalue weighted by Gasteiger charge is 2.07. The zero-order chi connectivity index (χ0) is 13.9. The highest BCUT2D eigenvalue weighted by atomic mass is 32.2. The maximum Gasteiger partial charge on any atom is 0.0498 e. The van der Waals surface area contributed by atoms with Gasteiger partial charge in [0.25, 0.3) is 0 Å². The van der Waals surface area contributed by atoms with Crippen LogP contribution < -0.4 is 0 Å². The first-order valence-electron chi connectivity index (χ1n) is 6.63. The lowest BCUT2D eigenvalue weighted by Gasteiger charge is -2.08. The predicted octanol–water partition coefficient (Wildman–Crippen LogP) is 4.30. The molecule has 2 heteroatoms. The van der Waals surface area contributed by atoms with E-state index in [2.05, 4.69) is 48.6 Å². The van der Waals surface area contributed by atoms with Crippen molar-refractivity contribution in [1.82, 2.24) is 0 Å². The van der Waals surface area contributed by atoms with Crippen molar-refractivity contribution < 1.29 is 4.21 Å². The van der Waals surface area contributed by atoms with Crippen LogP contribution in [0.5, 0.6) is 0 Å². The normalized spacial score (nSPS) is 15.7. The Morgan fingerprint density at radius 3 is 1.80 bits per heavy atom. The van der Waals surface area contributed by atoms with Gasteiger partial charge in [-0.15, -0.1) is 0 Å². The van der Waals surface area contributed by atoms with E-state index in [1.54, 1.807) is 6.26 Å². The SMILES string of the molecule is CS(=O)c1ccc(-c2ccc(C3C=CC=C3)cc2)cc1. The van der Waals surface area contributed by atoms with Crippen LogP contribution in [0.25, 0.3) is 11.1 Å². The molecule has 0 amide bonds. The highest BCUT2D eigenvalue weighted by Crippen LogP contribution is 2.26. The summed E-state index contributed by atoms with van der Waals surface area (Å²) in [7, 11) is -0.914. The molecule has 0 bridgehead atoms. The fourth-order valence-corrected chi connectivity index (χ4v) is 2.91. The van der Waals surface area contributed by atoms with Gasteiger partial charge in [-0.3, -0.25) is 4.21 Å². The van der Waals surface area contributed by atoms with Crippen LogP contribution in [0, 0.1) is 0 Å². The summed E-state index contributed by atoms with van der Waals surface area (Å²) in [5, 5.41) is 0. The van der Waals surface area contributed by atoms with Crippen molar-refractivity contribution in [3.63, 3.8) is 0 Å². The quantitative estimate of drug-likeness (QED) is 0.819. The zero-order valence-electron chi connectivity index (χ0n) is 11.3. The second-order valence-corrected chi connectivity index (χ2v) is 6.28. The minimum Gasteiger partial charge on any atom is -0.255 e. The Balaban J connectivity index is 1.85. The molecule has 2 aromatic rings. The van der Waals surface area contributed by atoms with E-state index in [0.29, 0.717) is 5.92 Å². The predicted molar refractivity (Wildman–Crippen MR) is 85.2 cm³/mol. The zero-order valence-corrected chi connectivity index (χ0v) is 12.1. The van der Waals surface area contributed by atoms with Crippen LogP contribution in [0.1, 0.15) is 11.5 Å². The Bertz CT molecular complexity index is 666. The molecular formula is C18H16OS. The molecule has 0 aliphatic heterocycles. The maximum absolute atomic E-state index is 11.4. The van der Waals surface area contributed by atoms with Crippen LogP contribution in [-0.4, -0.2) is 10.5 Å². The van der Waals surface area contributed by atoms with Gasteiger partial charge in [0.15, 0.2) is 0 Å². The van der Waals surface area contributed by atoms with Crippen molar-refractivity contribution in [2.45, 2.75) is 10.8 Å². The Hall–Kier alpha value is -1.93. The minimum atomic E-state index is -0.914. The lowest BCUT2D eigenvalue weighted by atomic mass is 9.97. The van der Waals surface area contributed by atoms with Crippen molar-refractivity contribution in [2.24, 2.45) is 0 Å². The van der Waals surface area contributed by atoms with Crippen LogP contribution in [0.15, 0.2) is 77.7 Å².